The van der Waals surface area contributed by atoms with Crippen molar-refractivity contribution in [3.63, 3.8) is 0 Å². The average Bonchev–Trinajstić information content (AvgIpc) is 2.58. The molecule has 0 atom stereocenters. The van der Waals surface area contributed by atoms with E-state index in [0.717, 1.165) is 0 Å². The lowest BCUT2D eigenvalue weighted by Gasteiger charge is -1.94. The van der Waals surface area contributed by atoms with Crippen molar-refractivity contribution in [3.8, 4) is 0 Å². The van der Waals surface area contributed by atoms with Crippen LogP contribution in [0.3, 0.4) is 0 Å². The highest BCUT2D eigenvalue weighted by Crippen LogP contribution is 2.30. The highest BCUT2D eigenvalue weighted by Gasteiger charge is 2.19. The van der Waals surface area contributed by atoms with Crippen LogP contribution < -0.4 is 0 Å². The molecule has 0 aliphatic rings. The Morgan fingerprint density at radius 2 is 2.27 bits per heavy atom. The van der Waals surface area contributed by atoms with Crippen molar-refractivity contribution in [3.05, 3.63) is 33.0 Å². The van der Waals surface area contributed by atoms with E-state index in [-0.39, 0.29) is 21.8 Å². The van der Waals surface area contributed by atoms with E-state index in [1.807, 2.05) is 0 Å². The lowest BCUT2D eigenvalue weighted by atomic mass is 10.2. The number of nitro groups is 1. The van der Waals surface area contributed by atoms with Crippen LogP contribution in [-0.2, 0) is 0 Å². The van der Waals surface area contributed by atoms with Crippen molar-refractivity contribution in [2.45, 2.75) is 0 Å². The van der Waals surface area contributed by atoms with Crippen molar-refractivity contribution in [1.82, 2.24) is 10.2 Å². The number of aldehydes is 1. The second-order valence-corrected chi connectivity index (χ2v) is 3.27. The Balaban J connectivity index is 2.91. The summed E-state index contributed by atoms with van der Waals surface area (Å²) in [5, 5.41) is 17.3. The van der Waals surface area contributed by atoms with Crippen molar-refractivity contribution in [2.75, 3.05) is 0 Å². The minimum atomic E-state index is -0.600. The highest BCUT2D eigenvalue weighted by atomic mass is 35.5. The van der Waals surface area contributed by atoms with Crippen LogP contribution in [0.1, 0.15) is 10.5 Å². The number of fused-ring (bicyclic) bond motifs is 1. The van der Waals surface area contributed by atoms with Gasteiger partial charge < -0.3 is 0 Å². The van der Waals surface area contributed by atoms with Crippen LogP contribution in [0, 0.1) is 10.1 Å². The molecule has 0 bridgehead atoms. The first-order chi connectivity index (χ1) is 7.13. The molecule has 0 amide bonds. The highest BCUT2D eigenvalue weighted by molar-refractivity contribution is 6.31. The predicted molar refractivity (Wildman–Crippen MR) is 53.1 cm³/mol. The molecule has 6 nitrogen and oxygen atoms in total. The molecule has 15 heavy (non-hydrogen) atoms. The first-order valence-electron chi connectivity index (χ1n) is 3.90. The van der Waals surface area contributed by atoms with Gasteiger partial charge in [-0.3, -0.25) is 20.0 Å². The fourth-order valence-electron chi connectivity index (χ4n) is 1.35. The summed E-state index contributed by atoms with van der Waals surface area (Å²) < 4.78 is 0. The molecule has 0 saturated heterocycles. The van der Waals surface area contributed by atoms with Crippen molar-refractivity contribution >= 4 is 34.5 Å². The van der Waals surface area contributed by atoms with Gasteiger partial charge in [0.15, 0.2) is 6.29 Å². The Morgan fingerprint density at radius 3 is 2.87 bits per heavy atom. The molecule has 1 N–H and O–H groups in total. The summed E-state index contributed by atoms with van der Waals surface area (Å²) in [6.45, 7) is 0. The van der Waals surface area contributed by atoms with Gasteiger partial charge in [-0.05, 0) is 6.07 Å². The van der Waals surface area contributed by atoms with E-state index in [4.69, 9.17) is 11.6 Å². The smallest absolute Gasteiger partial charge is 0.282 e. The first kappa shape index (κ1) is 9.60. The third-order valence-corrected chi connectivity index (χ3v) is 2.16. The number of nitro benzene ring substituents is 1. The Bertz CT molecular complexity index is 564. The molecule has 76 valence electrons. The van der Waals surface area contributed by atoms with Gasteiger partial charge in [0.25, 0.3) is 5.69 Å². The van der Waals surface area contributed by atoms with Gasteiger partial charge >= 0.3 is 0 Å². The number of H-pyrrole nitrogens is 1. The minimum Gasteiger partial charge on any atom is -0.296 e. The number of non-ortho nitro benzene ring substituents is 1. The van der Waals surface area contributed by atoms with Gasteiger partial charge in [-0.2, -0.15) is 5.10 Å². The summed E-state index contributed by atoms with van der Waals surface area (Å²) in [6, 6.07) is 2.64. The maximum absolute atomic E-state index is 10.7. The summed E-state index contributed by atoms with van der Waals surface area (Å²) in [5.74, 6) is 0. The van der Waals surface area contributed by atoms with E-state index in [9.17, 15) is 14.9 Å². The number of hydrogen-bond donors (Lipinski definition) is 1. The Labute approximate surface area is 88.0 Å². The largest absolute Gasteiger partial charge is 0.296 e. The second-order valence-electron chi connectivity index (χ2n) is 2.83. The third-order valence-electron chi connectivity index (χ3n) is 1.94. The van der Waals surface area contributed by atoms with Crippen LogP contribution in [0.4, 0.5) is 5.69 Å². The zero-order valence-corrected chi connectivity index (χ0v) is 7.99. The molecule has 2 aromatic rings. The van der Waals surface area contributed by atoms with E-state index >= 15 is 0 Å². The number of hydrogen-bond acceptors (Lipinski definition) is 4. The molecule has 1 aromatic carbocycles. The summed E-state index contributed by atoms with van der Waals surface area (Å²) in [7, 11) is 0. The topological polar surface area (TPSA) is 88.9 Å². The number of carbonyl (C=O) groups is 1. The molecule has 0 spiro atoms. The van der Waals surface area contributed by atoms with Gasteiger partial charge in [0.1, 0.15) is 16.6 Å². The second kappa shape index (κ2) is 3.32. The molecule has 2 rings (SSSR count). The molecule has 1 heterocycles. The minimum absolute atomic E-state index is 0.0772. The van der Waals surface area contributed by atoms with Crippen molar-refractivity contribution in [2.24, 2.45) is 0 Å². The fourth-order valence-corrected chi connectivity index (χ4v) is 1.55. The zero-order valence-electron chi connectivity index (χ0n) is 7.23. The van der Waals surface area contributed by atoms with E-state index in [0.29, 0.717) is 11.8 Å². The van der Waals surface area contributed by atoms with Crippen LogP contribution in [0.2, 0.25) is 5.02 Å². The summed E-state index contributed by atoms with van der Waals surface area (Å²) >= 11 is 5.67. The van der Waals surface area contributed by atoms with Crippen molar-refractivity contribution in [1.29, 1.82) is 0 Å². The van der Waals surface area contributed by atoms with Crippen molar-refractivity contribution < 1.29 is 9.72 Å². The number of aromatic nitrogens is 2. The maximum Gasteiger partial charge on any atom is 0.282 e. The number of carbonyl (C=O) groups excluding carboxylic acids is 1. The molecular weight excluding hydrogens is 222 g/mol. The summed E-state index contributed by atoms with van der Waals surface area (Å²) in [4.78, 5) is 20.7. The summed E-state index contributed by atoms with van der Waals surface area (Å²) in [5.41, 5.74) is 0.151. The van der Waals surface area contributed by atoms with Gasteiger partial charge in [0, 0.05) is 11.1 Å². The van der Waals surface area contributed by atoms with E-state index < -0.39 is 4.92 Å². The number of nitrogens with zero attached hydrogens (tertiary/aromatic N) is 2. The van der Waals surface area contributed by atoms with E-state index in [1.165, 1.54) is 12.1 Å². The quantitative estimate of drug-likeness (QED) is 0.480. The standard InChI is InChI=1S/C8H4ClN3O3/c9-4-1-5-8(6(3-13)11-10-5)7(2-4)12(14)15/h1-3H,(H,10,11). The van der Waals surface area contributed by atoms with Gasteiger partial charge in [-0.25, -0.2) is 0 Å². The van der Waals surface area contributed by atoms with Gasteiger partial charge in [-0.1, -0.05) is 11.6 Å². The van der Waals surface area contributed by atoms with Gasteiger partial charge in [0.2, 0.25) is 0 Å². The number of nitrogens with one attached hydrogen (secondary N) is 1. The van der Waals surface area contributed by atoms with Crippen LogP contribution in [-0.4, -0.2) is 21.4 Å². The SMILES string of the molecule is O=Cc1[nH]nc2cc(Cl)cc([N+](=O)[O-])c12. The lowest BCUT2D eigenvalue weighted by Crippen LogP contribution is -1.90. The fraction of sp³-hybridized carbons (Fsp3) is 0. The normalized spacial score (nSPS) is 10.5. The number of halogens is 1. The first-order valence-corrected chi connectivity index (χ1v) is 4.28. The molecule has 0 saturated carbocycles. The number of rotatable bonds is 2. The van der Waals surface area contributed by atoms with Gasteiger partial charge in [0.05, 0.1) is 4.92 Å². The predicted octanol–water partition coefficient (Wildman–Crippen LogP) is 1.94. The van der Waals surface area contributed by atoms with Crippen LogP contribution in [0.25, 0.3) is 10.9 Å². The van der Waals surface area contributed by atoms with Crippen LogP contribution in [0.5, 0.6) is 0 Å². The number of aromatic amines is 1. The number of benzene rings is 1. The molecular formula is C8H4ClN3O3. The molecule has 0 radical (unpaired) electrons. The van der Waals surface area contributed by atoms with Crippen LogP contribution >= 0.6 is 11.6 Å². The molecule has 0 aliphatic carbocycles. The van der Waals surface area contributed by atoms with Gasteiger partial charge in [-0.15, -0.1) is 0 Å². The maximum atomic E-state index is 10.7. The zero-order chi connectivity index (χ0) is 11.0. The monoisotopic (exact) mass is 225 g/mol. The Hall–Kier alpha value is -1.95. The lowest BCUT2D eigenvalue weighted by molar-refractivity contribution is -0.383. The molecule has 0 aliphatic heterocycles. The third kappa shape index (κ3) is 1.44. The molecule has 0 unspecified atom stereocenters. The molecule has 0 fully saturated rings. The molecule has 7 heteroatoms. The Kier molecular flexibility index (Phi) is 2.12. The summed E-state index contributed by atoms with van der Waals surface area (Å²) in [6.07, 6.45) is 0.482. The Morgan fingerprint density at radius 1 is 1.53 bits per heavy atom. The average molecular weight is 226 g/mol. The molecule has 1 aromatic heterocycles. The van der Waals surface area contributed by atoms with E-state index in [1.54, 1.807) is 0 Å². The van der Waals surface area contributed by atoms with E-state index in [2.05, 4.69) is 10.2 Å². The van der Waals surface area contributed by atoms with Crippen LogP contribution in [0.15, 0.2) is 12.1 Å².